The monoisotopic (exact) mass is 307 g/mol. The minimum Gasteiger partial charge on any atom is -0.321 e. The third-order valence-corrected chi connectivity index (χ3v) is 3.89. The van der Waals surface area contributed by atoms with Gasteiger partial charge in [-0.25, -0.2) is 4.98 Å². The van der Waals surface area contributed by atoms with Gasteiger partial charge in [0.1, 0.15) is 10.9 Å². The Morgan fingerprint density at radius 3 is 2.88 bits per heavy atom. The predicted molar refractivity (Wildman–Crippen MR) is 73.8 cm³/mol. The lowest BCUT2D eigenvalue weighted by Gasteiger charge is -2.18. The number of thiazole rings is 1. The van der Waals surface area contributed by atoms with Gasteiger partial charge in [-0.3, -0.25) is 0 Å². The van der Waals surface area contributed by atoms with Crippen molar-refractivity contribution in [3.05, 3.63) is 39.3 Å². The van der Waals surface area contributed by atoms with E-state index < -0.39 is 0 Å². The molecule has 1 aromatic carbocycles. The Morgan fingerprint density at radius 1 is 1.47 bits per heavy atom. The maximum absolute atomic E-state index is 8.80. The molecule has 0 amide bonds. The third-order valence-electron chi connectivity index (χ3n) is 2.42. The molecule has 0 unspecified atom stereocenters. The number of hydrogen-bond acceptors (Lipinski definition) is 4. The lowest BCUT2D eigenvalue weighted by Crippen LogP contribution is -2.10. The van der Waals surface area contributed by atoms with Gasteiger partial charge in [0.05, 0.1) is 6.20 Å². The molecule has 0 saturated carbocycles. The first-order chi connectivity index (χ1) is 8.11. The van der Waals surface area contributed by atoms with Gasteiger partial charge in [-0.15, -0.1) is 0 Å². The molecule has 0 fully saturated rings. The number of aromatic nitrogens is 1. The van der Waals surface area contributed by atoms with Crippen molar-refractivity contribution in [2.75, 3.05) is 11.9 Å². The molecular formula is C12H10BrN3S. The van der Waals surface area contributed by atoms with Gasteiger partial charge in [-0.2, -0.15) is 5.26 Å². The number of nitrogens with zero attached hydrogens (tertiary/aromatic N) is 3. The molecule has 0 bridgehead atoms. The number of halogens is 1. The van der Waals surface area contributed by atoms with E-state index in [2.05, 4.69) is 40.0 Å². The maximum Gasteiger partial charge on any atom is 0.190 e. The van der Waals surface area contributed by atoms with Gasteiger partial charge in [0.15, 0.2) is 5.13 Å². The Bertz CT molecular complexity index is 586. The zero-order chi connectivity index (χ0) is 12.4. The van der Waals surface area contributed by atoms with Crippen LogP contribution in [0.25, 0.3) is 0 Å². The summed E-state index contributed by atoms with van der Waals surface area (Å²) in [7, 11) is 1.95. The summed E-state index contributed by atoms with van der Waals surface area (Å²) in [5, 5.41) is 9.62. The van der Waals surface area contributed by atoms with Crippen LogP contribution in [-0.2, 0) is 0 Å². The van der Waals surface area contributed by atoms with Crippen molar-refractivity contribution < 1.29 is 0 Å². The van der Waals surface area contributed by atoms with Crippen LogP contribution in [0.2, 0.25) is 0 Å². The van der Waals surface area contributed by atoms with Gasteiger partial charge >= 0.3 is 0 Å². The molecule has 0 aliphatic heterocycles. The van der Waals surface area contributed by atoms with Crippen LogP contribution in [0.3, 0.4) is 0 Å². The fourth-order valence-electron chi connectivity index (χ4n) is 1.52. The van der Waals surface area contributed by atoms with E-state index in [0.29, 0.717) is 4.88 Å². The molecule has 3 nitrogen and oxygen atoms in total. The van der Waals surface area contributed by atoms with Crippen molar-refractivity contribution in [1.29, 1.82) is 5.26 Å². The van der Waals surface area contributed by atoms with Crippen molar-refractivity contribution in [1.82, 2.24) is 4.98 Å². The minimum atomic E-state index is 0.625. The molecule has 1 aromatic heterocycles. The highest BCUT2D eigenvalue weighted by atomic mass is 79.9. The first kappa shape index (κ1) is 12.1. The second-order valence-electron chi connectivity index (χ2n) is 3.61. The van der Waals surface area contributed by atoms with Crippen molar-refractivity contribution in [3.8, 4) is 6.07 Å². The van der Waals surface area contributed by atoms with Gasteiger partial charge in [-0.05, 0) is 24.6 Å². The van der Waals surface area contributed by atoms with Gasteiger partial charge in [-0.1, -0.05) is 33.3 Å². The molecular weight excluding hydrogens is 298 g/mol. The number of nitriles is 1. The highest BCUT2D eigenvalue weighted by molar-refractivity contribution is 9.10. The summed E-state index contributed by atoms with van der Waals surface area (Å²) in [4.78, 5) is 6.86. The number of rotatable bonds is 2. The molecule has 0 N–H and O–H groups in total. The molecule has 0 aliphatic rings. The summed E-state index contributed by atoms with van der Waals surface area (Å²) in [6, 6.07) is 8.20. The Balaban J connectivity index is 2.40. The van der Waals surface area contributed by atoms with Crippen LogP contribution in [0, 0.1) is 18.3 Å². The number of anilines is 2. The summed E-state index contributed by atoms with van der Waals surface area (Å²) >= 11 is 4.85. The molecule has 0 atom stereocenters. The van der Waals surface area contributed by atoms with E-state index in [4.69, 9.17) is 5.26 Å². The maximum atomic E-state index is 8.80. The Hall–Kier alpha value is -1.38. The molecule has 2 aromatic rings. The Labute approximate surface area is 112 Å². The first-order valence-electron chi connectivity index (χ1n) is 4.97. The third kappa shape index (κ3) is 2.48. The predicted octanol–water partition coefficient (Wildman–Crippen LogP) is 3.85. The van der Waals surface area contributed by atoms with Gasteiger partial charge in [0.2, 0.25) is 0 Å². The zero-order valence-corrected chi connectivity index (χ0v) is 11.8. The van der Waals surface area contributed by atoms with Crippen molar-refractivity contribution in [2.24, 2.45) is 0 Å². The molecule has 0 saturated heterocycles. The van der Waals surface area contributed by atoms with Crippen LogP contribution in [0.5, 0.6) is 0 Å². The van der Waals surface area contributed by atoms with E-state index in [1.807, 2.05) is 24.1 Å². The van der Waals surface area contributed by atoms with E-state index in [1.54, 1.807) is 6.20 Å². The van der Waals surface area contributed by atoms with E-state index in [-0.39, 0.29) is 0 Å². The van der Waals surface area contributed by atoms with E-state index in [9.17, 15) is 0 Å². The van der Waals surface area contributed by atoms with E-state index >= 15 is 0 Å². The molecule has 1 heterocycles. The summed E-state index contributed by atoms with van der Waals surface area (Å²) in [5.41, 5.74) is 2.25. The Morgan fingerprint density at radius 2 is 2.24 bits per heavy atom. The normalized spacial score (nSPS) is 10.0. The van der Waals surface area contributed by atoms with Crippen molar-refractivity contribution in [3.63, 3.8) is 0 Å². The summed E-state index contributed by atoms with van der Waals surface area (Å²) in [5.74, 6) is 0. The zero-order valence-electron chi connectivity index (χ0n) is 9.44. The van der Waals surface area contributed by atoms with E-state index in [0.717, 1.165) is 15.3 Å². The Kier molecular flexibility index (Phi) is 3.46. The fourth-order valence-corrected chi connectivity index (χ4v) is 2.56. The van der Waals surface area contributed by atoms with Gasteiger partial charge < -0.3 is 4.90 Å². The lowest BCUT2D eigenvalue weighted by atomic mass is 10.2. The van der Waals surface area contributed by atoms with Crippen LogP contribution < -0.4 is 4.90 Å². The van der Waals surface area contributed by atoms with E-state index in [1.165, 1.54) is 16.9 Å². The summed E-state index contributed by atoms with van der Waals surface area (Å²) < 4.78 is 1.03. The fraction of sp³-hybridized carbons (Fsp3) is 0.167. The minimum absolute atomic E-state index is 0.625. The van der Waals surface area contributed by atoms with Gasteiger partial charge in [0.25, 0.3) is 0 Å². The second-order valence-corrected chi connectivity index (χ2v) is 5.53. The van der Waals surface area contributed by atoms with Crippen LogP contribution in [0.15, 0.2) is 28.9 Å². The average Bonchev–Trinajstić information content (AvgIpc) is 2.80. The lowest BCUT2D eigenvalue weighted by molar-refractivity contribution is 1.15. The second kappa shape index (κ2) is 4.86. The molecule has 0 radical (unpaired) electrons. The smallest absolute Gasteiger partial charge is 0.190 e. The molecule has 2 rings (SSSR count). The molecule has 0 aliphatic carbocycles. The highest BCUT2D eigenvalue weighted by Crippen LogP contribution is 2.31. The molecule has 5 heteroatoms. The van der Waals surface area contributed by atoms with Crippen LogP contribution >= 0.6 is 27.3 Å². The standard InChI is InChI=1S/C12H10BrN3S/c1-8-3-4-9(13)5-11(8)16(2)12-15-7-10(6-14)17-12/h3-5,7H,1-2H3. The molecule has 17 heavy (non-hydrogen) atoms. The first-order valence-corrected chi connectivity index (χ1v) is 6.58. The van der Waals surface area contributed by atoms with Crippen molar-refractivity contribution in [2.45, 2.75) is 6.92 Å². The number of aryl methyl sites for hydroxylation is 1. The van der Waals surface area contributed by atoms with Gasteiger partial charge in [0, 0.05) is 17.2 Å². The largest absolute Gasteiger partial charge is 0.321 e. The molecule has 0 spiro atoms. The van der Waals surface area contributed by atoms with Crippen LogP contribution in [-0.4, -0.2) is 12.0 Å². The van der Waals surface area contributed by atoms with Crippen LogP contribution in [0.1, 0.15) is 10.4 Å². The SMILES string of the molecule is Cc1ccc(Br)cc1N(C)c1ncc(C#N)s1. The van der Waals surface area contributed by atoms with Crippen molar-refractivity contribution >= 4 is 38.1 Å². The number of hydrogen-bond donors (Lipinski definition) is 0. The highest BCUT2D eigenvalue weighted by Gasteiger charge is 2.11. The summed E-state index contributed by atoms with van der Waals surface area (Å²) in [6.07, 6.45) is 1.60. The molecule has 86 valence electrons. The topological polar surface area (TPSA) is 39.9 Å². The average molecular weight is 308 g/mol. The van der Waals surface area contributed by atoms with Crippen LogP contribution in [0.4, 0.5) is 10.8 Å². The quantitative estimate of drug-likeness (QED) is 0.846. The number of benzene rings is 1. The summed E-state index contributed by atoms with van der Waals surface area (Å²) in [6.45, 7) is 2.05.